The van der Waals surface area contributed by atoms with Gasteiger partial charge in [0.2, 0.25) is 0 Å². The molecule has 0 radical (unpaired) electrons. The Morgan fingerprint density at radius 3 is 1.92 bits per heavy atom. The van der Waals surface area contributed by atoms with Crippen LogP contribution in [0, 0.1) is 11.8 Å². The normalized spacial score (nSPS) is 11.2. The quantitative estimate of drug-likeness (QED) is 0.554. The van der Waals surface area contributed by atoms with E-state index in [0.29, 0.717) is 10.0 Å². The van der Waals surface area contributed by atoms with Gasteiger partial charge < -0.3 is 5.32 Å². The second kappa shape index (κ2) is 7.93. The molecule has 0 saturated carbocycles. The summed E-state index contributed by atoms with van der Waals surface area (Å²) in [5.74, 6) is 6.44. The van der Waals surface area contributed by atoms with E-state index in [4.69, 9.17) is 23.2 Å². The van der Waals surface area contributed by atoms with Crippen LogP contribution >= 0.6 is 23.2 Å². The number of anilines is 1. The van der Waals surface area contributed by atoms with E-state index < -0.39 is 0 Å². The highest BCUT2D eigenvalue weighted by atomic mass is 35.5. The molecule has 0 aliphatic heterocycles. The van der Waals surface area contributed by atoms with Gasteiger partial charge in [0.25, 0.3) is 0 Å². The third kappa shape index (κ3) is 4.11. The second-order valence-electron chi connectivity index (χ2n) is 5.21. The monoisotopic (exact) mass is 351 g/mol. The van der Waals surface area contributed by atoms with Crippen LogP contribution in [0.1, 0.15) is 17.2 Å². The first-order valence-electron chi connectivity index (χ1n) is 7.56. The van der Waals surface area contributed by atoms with E-state index in [2.05, 4.69) is 17.2 Å². The molecule has 3 rings (SSSR count). The molecule has 0 aromatic heterocycles. The van der Waals surface area contributed by atoms with Crippen molar-refractivity contribution in [2.24, 2.45) is 0 Å². The average molecular weight is 352 g/mol. The molecule has 3 heteroatoms. The van der Waals surface area contributed by atoms with Gasteiger partial charge in [0.1, 0.15) is 6.04 Å². The highest BCUT2D eigenvalue weighted by Crippen LogP contribution is 2.32. The molecule has 0 heterocycles. The number of para-hydroxylation sites is 1. The summed E-state index contributed by atoms with van der Waals surface area (Å²) in [5, 5.41) is 4.60. The van der Waals surface area contributed by atoms with Gasteiger partial charge in [0.15, 0.2) is 0 Å². The summed E-state index contributed by atoms with van der Waals surface area (Å²) in [6.07, 6.45) is 0. The second-order valence-corrected chi connectivity index (χ2v) is 6.03. The number of hydrogen-bond acceptors (Lipinski definition) is 1. The molecule has 0 fully saturated rings. The molecular formula is C21H15Cl2N. The number of nitrogens with one attached hydrogen (secondary N) is 1. The van der Waals surface area contributed by atoms with Gasteiger partial charge >= 0.3 is 0 Å². The van der Waals surface area contributed by atoms with Crippen LogP contribution in [0.15, 0.2) is 78.9 Å². The zero-order chi connectivity index (χ0) is 16.8. The Bertz CT molecular complexity index is 844. The van der Waals surface area contributed by atoms with Crippen molar-refractivity contribution in [1.29, 1.82) is 0 Å². The molecule has 0 aliphatic carbocycles. The maximum absolute atomic E-state index is 6.38. The number of hydrogen-bond donors (Lipinski definition) is 1. The molecule has 3 aromatic carbocycles. The molecule has 0 spiro atoms. The molecule has 1 N–H and O–H groups in total. The third-order valence-electron chi connectivity index (χ3n) is 3.51. The van der Waals surface area contributed by atoms with Gasteiger partial charge in [-0.05, 0) is 36.4 Å². The number of rotatable bonds is 3. The van der Waals surface area contributed by atoms with Crippen molar-refractivity contribution in [2.45, 2.75) is 6.04 Å². The van der Waals surface area contributed by atoms with Crippen molar-refractivity contribution in [1.82, 2.24) is 0 Å². The Labute approximate surface area is 152 Å². The van der Waals surface area contributed by atoms with Gasteiger partial charge in [-0.3, -0.25) is 0 Å². The first kappa shape index (κ1) is 16.5. The van der Waals surface area contributed by atoms with Crippen LogP contribution in [0.4, 0.5) is 5.69 Å². The smallest absolute Gasteiger partial charge is 0.117 e. The summed E-state index contributed by atoms with van der Waals surface area (Å²) >= 11 is 12.8. The first-order chi connectivity index (χ1) is 11.7. The molecule has 118 valence electrons. The predicted octanol–water partition coefficient (Wildman–Crippen LogP) is 6.20. The van der Waals surface area contributed by atoms with Crippen molar-refractivity contribution in [3.63, 3.8) is 0 Å². The highest BCUT2D eigenvalue weighted by Gasteiger charge is 2.16. The maximum atomic E-state index is 6.38. The minimum Gasteiger partial charge on any atom is -0.368 e. The molecule has 0 bridgehead atoms. The van der Waals surface area contributed by atoms with E-state index in [0.717, 1.165) is 16.8 Å². The van der Waals surface area contributed by atoms with Crippen molar-refractivity contribution >= 4 is 28.9 Å². The third-order valence-corrected chi connectivity index (χ3v) is 4.17. The van der Waals surface area contributed by atoms with Gasteiger partial charge in [-0.15, -0.1) is 0 Å². The lowest BCUT2D eigenvalue weighted by molar-refractivity contribution is 1.02. The molecule has 0 amide bonds. The van der Waals surface area contributed by atoms with Crippen LogP contribution in [0.5, 0.6) is 0 Å². The molecule has 1 atom stereocenters. The topological polar surface area (TPSA) is 12.0 Å². The summed E-state index contributed by atoms with van der Waals surface area (Å²) in [6, 6.07) is 24.9. The SMILES string of the molecule is Clc1cccc(Cl)c1C(C#Cc1ccccc1)Nc1ccccc1. The summed E-state index contributed by atoms with van der Waals surface area (Å²) < 4.78 is 0. The van der Waals surface area contributed by atoms with Crippen LogP contribution < -0.4 is 5.32 Å². The molecule has 1 nitrogen and oxygen atoms in total. The van der Waals surface area contributed by atoms with E-state index in [1.807, 2.05) is 78.9 Å². The Balaban J connectivity index is 2.00. The molecule has 0 saturated heterocycles. The van der Waals surface area contributed by atoms with Crippen LogP contribution in [-0.2, 0) is 0 Å². The molecule has 1 unspecified atom stereocenters. The van der Waals surface area contributed by atoms with Crippen molar-refractivity contribution in [3.8, 4) is 11.8 Å². The summed E-state index contributed by atoms with van der Waals surface area (Å²) in [4.78, 5) is 0. The largest absolute Gasteiger partial charge is 0.368 e. The lowest BCUT2D eigenvalue weighted by Crippen LogP contribution is -2.10. The van der Waals surface area contributed by atoms with Crippen molar-refractivity contribution in [2.75, 3.05) is 5.32 Å². The van der Waals surface area contributed by atoms with Gasteiger partial charge in [-0.25, -0.2) is 0 Å². The van der Waals surface area contributed by atoms with Crippen LogP contribution in [-0.4, -0.2) is 0 Å². The molecular weight excluding hydrogens is 337 g/mol. The van der Waals surface area contributed by atoms with Crippen molar-refractivity contribution in [3.05, 3.63) is 100 Å². The van der Waals surface area contributed by atoms with E-state index in [-0.39, 0.29) is 6.04 Å². The Hall–Kier alpha value is -2.40. The highest BCUT2D eigenvalue weighted by molar-refractivity contribution is 6.36. The Morgan fingerprint density at radius 1 is 0.708 bits per heavy atom. The van der Waals surface area contributed by atoms with Gasteiger partial charge in [0.05, 0.1) is 0 Å². The average Bonchev–Trinajstić information content (AvgIpc) is 2.61. The van der Waals surface area contributed by atoms with Gasteiger partial charge in [-0.2, -0.15) is 0 Å². The fraction of sp³-hybridized carbons (Fsp3) is 0.0476. The fourth-order valence-corrected chi connectivity index (χ4v) is 2.96. The fourth-order valence-electron chi connectivity index (χ4n) is 2.34. The minimum atomic E-state index is -0.311. The van der Waals surface area contributed by atoms with Crippen LogP contribution in [0.2, 0.25) is 10.0 Å². The van der Waals surface area contributed by atoms with Gasteiger partial charge in [-0.1, -0.05) is 77.5 Å². The molecule has 3 aromatic rings. The minimum absolute atomic E-state index is 0.311. The van der Waals surface area contributed by atoms with Crippen molar-refractivity contribution < 1.29 is 0 Å². The van der Waals surface area contributed by atoms with E-state index >= 15 is 0 Å². The first-order valence-corrected chi connectivity index (χ1v) is 8.32. The summed E-state index contributed by atoms with van der Waals surface area (Å²) in [6.45, 7) is 0. The Kier molecular flexibility index (Phi) is 5.43. The van der Waals surface area contributed by atoms with Gasteiger partial charge in [0, 0.05) is 26.9 Å². The lowest BCUT2D eigenvalue weighted by Gasteiger charge is -2.17. The van der Waals surface area contributed by atoms with E-state index in [1.165, 1.54) is 0 Å². The zero-order valence-corrected chi connectivity index (χ0v) is 14.4. The lowest BCUT2D eigenvalue weighted by atomic mass is 10.1. The standard InChI is InChI=1S/C21H15Cl2N/c22-18-12-7-13-19(23)21(18)20(24-17-10-5-2-6-11-17)15-14-16-8-3-1-4-9-16/h1-13,20,24H. The molecule has 24 heavy (non-hydrogen) atoms. The number of benzene rings is 3. The van der Waals surface area contributed by atoms with Crippen LogP contribution in [0.3, 0.4) is 0 Å². The number of halogens is 2. The Morgan fingerprint density at radius 2 is 1.29 bits per heavy atom. The summed E-state index contributed by atoms with van der Waals surface area (Å²) in [5.41, 5.74) is 2.69. The van der Waals surface area contributed by atoms with E-state index in [9.17, 15) is 0 Å². The summed E-state index contributed by atoms with van der Waals surface area (Å²) in [7, 11) is 0. The molecule has 0 aliphatic rings. The zero-order valence-electron chi connectivity index (χ0n) is 12.8. The van der Waals surface area contributed by atoms with E-state index in [1.54, 1.807) is 0 Å². The maximum Gasteiger partial charge on any atom is 0.117 e. The predicted molar refractivity (Wildman–Crippen MR) is 103 cm³/mol. The van der Waals surface area contributed by atoms with Crippen LogP contribution in [0.25, 0.3) is 0 Å².